The van der Waals surface area contributed by atoms with E-state index >= 15 is 0 Å². The molecule has 2 aliphatic rings. The zero-order valence-electron chi connectivity index (χ0n) is 14.1. The summed E-state index contributed by atoms with van der Waals surface area (Å²) in [5, 5.41) is 3.59. The number of hydrogen-bond donors (Lipinski definition) is 1. The minimum absolute atomic E-state index is 0.0508. The average Bonchev–Trinajstić information content (AvgIpc) is 3.21. The number of furan rings is 1. The van der Waals surface area contributed by atoms with Crippen LogP contribution >= 0.6 is 0 Å². The molecule has 6 heteroatoms. The zero-order chi connectivity index (χ0) is 17.1. The van der Waals surface area contributed by atoms with Gasteiger partial charge in [0.05, 0.1) is 11.8 Å². The van der Waals surface area contributed by atoms with Crippen molar-refractivity contribution in [1.82, 2.24) is 10.2 Å². The van der Waals surface area contributed by atoms with Crippen LogP contribution in [0.3, 0.4) is 0 Å². The Bertz CT molecular complexity index is 721. The molecular weight excluding hydrogens is 320 g/mol. The van der Waals surface area contributed by atoms with Crippen molar-refractivity contribution in [1.29, 1.82) is 0 Å². The number of nitrogens with one attached hydrogen (secondary N) is 1. The van der Waals surface area contributed by atoms with Crippen LogP contribution in [0.5, 0.6) is 11.5 Å². The van der Waals surface area contributed by atoms with Gasteiger partial charge in [-0.25, -0.2) is 0 Å². The summed E-state index contributed by atoms with van der Waals surface area (Å²) < 4.78 is 16.4. The fraction of sp³-hybridized carbons (Fsp3) is 0.421. The van der Waals surface area contributed by atoms with Gasteiger partial charge in [-0.3, -0.25) is 4.79 Å². The molecular formula is C19H22N2O4. The summed E-state index contributed by atoms with van der Waals surface area (Å²) in [6, 6.07) is 8.12. The van der Waals surface area contributed by atoms with E-state index in [0.29, 0.717) is 24.8 Å². The van der Waals surface area contributed by atoms with Crippen molar-refractivity contribution in [3.8, 4) is 11.5 Å². The standard InChI is InChI=1S/C19H22N2O4/c22-19(15-6-9-23-13-15)21-7-4-16(5-8-21)20-12-14-2-1-3-17-18(14)25-11-10-24-17/h1-3,6,9,13,16,20H,4-5,7-8,10-12H2. The number of hydrogen-bond acceptors (Lipinski definition) is 5. The van der Waals surface area contributed by atoms with Crippen LogP contribution < -0.4 is 14.8 Å². The van der Waals surface area contributed by atoms with Gasteiger partial charge in [0.1, 0.15) is 19.5 Å². The lowest BCUT2D eigenvalue weighted by Gasteiger charge is -2.32. The van der Waals surface area contributed by atoms with Gasteiger partial charge in [-0.15, -0.1) is 0 Å². The number of benzene rings is 1. The Morgan fingerprint density at radius 1 is 1.16 bits per heavy atom. The van der Waals surface area contributed by atoms with Crippen LogP contribution in [0.1, 0.15) is 28.8 Å². The first-order valence-electron chi connectivity index (χ1n) is 8.73. The van der Waals surface area contributed by atoms with Gasteiger partial charge in [0.25, 0.3) is 5.91 Å². The Labute approximate surface area is 146 Å². The number of nitrogens with zero attached hydrogens (tertiary/aromatic N) is 1. The van der Waals surface area contributed by atoms with E-state index in [1.54, 1.807) is 6.07 Å². The van der Waals surface area contributed by atoms with Crippen molar-refractivity contribution in [2.45, 2.75) is 25.4 Å². The van der Waals surface area contributed by atoms with Gasteiger partial charge < -0.3 is 24.1 Å². The van der Waals surface area contributed by atoms with Crippen molar-refractivity contribution in [3.63, 3.8) is 0 Å². The molecule has 0 atom stereocenters. The second kappa shape index (κ2) is 7.19. The minimum Gasteiger partial charge on any atom is -0.486 e. The monoisotopic (exact) mass is 342 g/mol. The Balaban J connectivity index is 1.30. The third kappa shape index (κ3) is 3.49. The molecule has 0 saturated carbocycles. The van der Waals surface area contributed by atoms with Crippen LogP contribution in [0.25, 0.3) is 0 Å². The van der Waals surface area contributed by atoms with E-state index in [0.717, 1.165) is 49.5 Å². The molecule has 1 aromatic heterocycles. The maximum atomic E-state index is 12.3. The van der Waals surface area contributed by atoms with E-state index < -0.39 is 0 Å². The topological polar surface area (TPSA) is 63.9 Å². The fourth-order valence-corrected chi connectivity index (χ4v) is 3.38. The molecule has 0 aliphatic carbocycles. The molecule has 0 spiro atoms. The molecule has 0 radical (unpaired) electrons. The Kier molecular flexibility index (Phi) is 4.61. The number of fused-ring (bicyclic) bond motifs is 1. The zero-order valence-corrected chi connectivity index (χ0v) is 14.1. The highest BCUT2D eigenvalue weighted by Gasteiger charge is 2.24. The number of carbonyl (C=O) groups is 1. The van der Waals surface area contributed by atoms with Crippen LogP contribution in [0.2, 0.25) is 0 Å². The number of amides is 1. The molecule has 25 heavy (non-hydrogen) atoms. The quantitative estimate of drug-likeness (QED) is 0.925. The first kappa shape index (κ1) is 16.0. The molecule has 132 valence electrons. The van der Waals surface area contributed by atoms with Crippen molar-refractivity contribution in [2.75, 3.05) is 26.3 Å². The molecule has 1 fully saturated rings. The Morgan fingerprint density at radius 3 is 2.80 bits per heavy atom. The third-order valence-corrected chi connectivity index (χ3v) is 4.78. The van der Waals surface area contributed by atoms with E-state index in [-0.39, 0.29) is 5.91 Å². The van der Waals surface area contributed by atoms with Crippen LogP contribution in [0.15, 0.2) is 41.2 Å². The van der Waals surface area contributed by atoms with E-state index in [1.165, 1.54) is 12.5 Å². The van der Waals surface area contributed by atoms with Crippen molar-refractivity contribution in [3.05, 3.63) is 47.9 Å². The highest BCUT2D eigenvalue weighted by atomic mass is 16.6. The Morgan fingerprint density at radius 2 is 2.00 bits per heavy atom. The van der Waals surface area contributed by atoms with Crippen molar-refractivity contribution >= 4 is 5.91 Å². The van der Waals surface area contributed by atoms with Gasteiger partial charge in [0, 0.05) is 31.2 Å². The highest BCUT2D eigenvalue weighted by molar-refractivity contribution is 5.93. The predicted octanol–water partition coefficient (Wildman–Crippen LogP) is 2.45. The Hall–Kier alpha value is -2.47. The summed E-state index contributed by atoms with van der Waals surface area (Å²) >= 11 is 0. The smallest absolute Gasteiger partial charge is 0.257 e. The molecule has 1 N–H and O–H groups in total. The first-order valence-corrected chi connectivity index (χ1v) is 8.73. The van der Waals surface area contributed by atoms with Crippen LogP contribution in [0, 0.1) is 0 Å². The summed E-state index contributed by atoms with van der Waals surface area (Å²) in [6.45, 7) is 3.46. The van der Waals surface area contributed by atoms with Gasteiger partial charge in [-0.2, -0.15) is 0 Å². The molecule has 1 aromatic carbocycles. The lowest BCUT2D eigenvalue weighted by molar-refractivity contribution is 0.0704. The normalized spacial score (nSPS) is 17.5. The molecule has 6 nitrogen and oxygen atoms in total. The van der Waals surface area contributed by atoms with Gasteiger partial charge in [0.2, 0.25) is 0 Å². The largest absolute Gasteiger partial charge is 0.486 e. The molecule has 0 bridgehead atoms. The summed E-state index contributed by atoms with van der Waals surface area (Å²) in [4.78, 5) is 14.2. The molecule has 4 rings (SSSR count). The fourth-order valence-electron chi connectivity index (χ4n) is 3.38. The molecule has 0 unspecified atom stereocenters. The molecule has 1 saturated heterocycles. The summed E-state index contributed by atoms with van der Waals surface area (Å²) in [5.41, 5.74) is 1.74. The van der Waals surface area contributed by atoms with Gasteiger partial charge in [0.15, 0.2) is 11.5 Å². The first-order chi connectivity index (χ1) is 12.3. The van der Waals surface area contributed by atoms with Gasteiger partial charge in [-0.1, -0.05) is 12.1 Å². The summed E-state index contributed by atoms with van der Waals surface area (Å²) in [5.74, 6) is 1.73. The maximum Gasteiger partial charge on any atom is 0.257 e. The van der Waals surface area contributed by atoms with Gasteiger partial charge in [-0.05, 0) is 25.0 Å². The molecule has 1 amide bonds. The average molecular weight is 342 g/mol. The number of rotatable bonds is 4. The number of likely N-dealkylation sites (tertiary alicyclic amines) is 1. The SMILES string of the molecule is O=C(c1ccoc1)N1CCC(NCc2cccc3c2OCCO3)CC1. The number of piperidine rings is 1. The molecule has 2 aliphatic heterocycles. The van der Waals surface area contributed by atoms with Crippen molar-refractivity contribution < 1.29 is 18.7 Å². The van der Waals surface area contributed by atoms with Crippen LogP contribution in [-0.4, -0.2) is 43.2 Å². The maximum absolute atomic E-state index is 12.3. The second-order valence-electron chi connectivity index (χ2n) is 6.40. The molecule has 3 heterocycles. The summed E-state index contributed by atoms with van der Waals surface area (Å²) in [6.07, 6.45) is 4.92. The minimum atomic E-state index is 0.0508. The van der Waals surface area contributed by atoms with E-state index in [4.69, 9.17) is 13.9 Å². The van der Waals surface area contributed by atoms with E-state index in [2.05, 4.69) is 11.4 Å². The third-order valence-electron chi connectivity index (χ3n) is 4.78. The van der Waals surface area contributed by atoms with Crippen molar-refractivity contribution in [2.24, 2.45) is 0 Å². The number of para-hydroxylation sites is 1. The van der Waals surface area contributed by atoms with E-state index in [9.17, 15) is 4.79 Å². The predicted molar refractivity (Wildman–Crippen MR) is 91.9 cm³/mol. The second-order valence-corrected chi connectivity index (χ2v) is 6.40. The number of carbonyl (C=O) groups excluding carboxylic acids is 1. The van der Waals surface area contributed by atoms with Crippen LogP contribution in [0.4, 0.5) is 0 Å². The van der Waals surface area contributed by atoms with Gasteiger partial charge >= 0.3 is 0 Å². The lowest BCUT2D eigenvalue weighted by atomic mass is 10.0. The molecule has 2 aromatic rings. The highest BCUT2D eigenvalue weighted by Crippen LogP contribution is 2.33. The van der Waals surface area contributed by atoms with Crippen LogP contribution in [-0.2, 0) is 6.54 Å². The summed E-state index contributed by atoms with van der Waals surface area (Å²) in [7, 11) is 0. The number of ether oxygens (including phenoxy) is 2. The van der Waals surface area contributed by atoms with E-state index in [1.807, 2.05) is 17.0 Å². The lowest BCUT2D eigenvalue weighted by Crippen LogP contribution is -2.44.